The molecule has 3 N–H and O–H groups in total. The molecule has 0 saturated carbocycles. The number of rotatable bonds is 4. The molecule has 2 aromatic carbocycles. The number of amides is 1. The number of benzene rings is 2. The fourth-order valence-corrected chi connectivity index (χ4v) is 2.56. The van der Waals surface area contributed by atoms with Crippen molar-refractivity contribution in [1.29, 1.82) is 0 Å². The second-order valence-corrected chi connectivity index (χ2v) is 5.58. The summed E-state index contributed by atoms with van der Waals surface area (Å²) in [4.78, 5) is 28.9. The molecule has 0 fully saturated rings. The summed E-state index contributed by atoms with van der Waals surface area (Å²) in [7, 11) is 0. The van der Waals surface area contributed by atoms with Crippen LogP contribution in [0.3, 0.4) is 0 Å². The van der Waals surface area contributed by atoms with Gasteiger partial charge in [-0.15, -0.1) is 5.10 Å². The maximum Gasteiger partial charge on any atom is 0.323 e. The van der Waals surface area contributed by atoms with Crippen LogP contribution >= 0.6 is 0 Å². The molecule has 2 heterocycles. The molecule has 0 aliphatic rings. The summed E-state index contributed by atoms with van der Waals surface area (Å²) in [6.45, 7) is 0.539. The molecule has 0 atom stereocenters. The second-order valence-electron chi connectivity index (χ2n) is 5.58. The lowest BCUT2D eigenvalue weighted by Gasteiger charge is -2.02. The smallest absolute Gasteiger partial charge is 0.320 e. The number of hydrogen-bond donors (Lipinski definition) is 3. The summed E-state index contributed by atoms with van der Waals surface area (Å²) in [6, 6.07) is 14.9. The molecule has 8 heteroatoms. The molecule has 25 heavy (non-hydrogen) atoms. The highest BCUT2D eigenvalue weighted by atomic mass is 16.2. The first kappa shape index (κ1) is 14.9. The number of fused-ring (bicyclic) bond motifs is 1. The van der Waals surface area contributed by atoms with E-state index in [1.807, 2.05) is 30.3 Å². The van der Waals surface area contributed by atoms with E-state index >= 15 is 0 Å². The van der Waals surface area contributed by atoms with Gasteiger partial charge in [-0.1, -0.05) is 35.5 Å². The molecule has 4 rings (SSSR count). The minimum Gasteiger partial charge on any atom is -0.320 e. The Morgan fingerprint density at radius 3 is 2.72 bits per heavy atom. The Morgan fingerprint density at radius 2 is 1.88 bits per heavy atom. The largest absolute Gasteiger partial charge is 0.323 e. The molecule has 4 aromatic rings. The number of carbonyl (C=O) groups excluding carboxylic acids is 1. The highest BCUT2D eigenvalue weighted by molar-refractivity contribution is 6.03. The second kappa shape index (κ2) is 6.08. The fraction of sp³-hybridized carbons (Fsp3) is 0.0588. The Morgan fingerprint density at radius 1 is 1.08 bits per heavy atom. The molecular formula is C17H14N6O2. The summed E-state index contributed by atoms with van der Waals surface area (Å²) in [5, 5.41) is 10.6. The number of nitrogens with one attached hydrogen (secondary N) is 3. The summed E-state index contributed by atoms with van der Waals surface area (Å²) in [5.41, 5.74) is 2.86. The van der Waals surface area contributed by atoms with Crippen molar-refractivity contribution in [3.63, 3.8) is 0 Å². The lowest BCUT2D eigenvalue weighted by Crippen LogP contribution is -2.12. The van der Waals surface area contributed by atoms with Crippen LogP contribution in [-0.4, -0.2) is 30.9 Å². The first-order valence-electron chi connectivity index (χ1n) is 7.65. The van der Waals surface area contributed by atoms with Crippen molar-refractivity contribution in [2.24, 2.45) is 0 Å². The SMILES string of the molecule is O=C(Nc1ccc2[nH]c(=O)[nH]c2c1)c1cn(Cc2ccccc2)nn1. The maximum absolute atomic E-state index is 12.3. The van der Waals surface area contributed by atoms with Gasteiger partial charge in [-0.3, -0.25) is 4.79 Å². The van der Waals surface area contributed by atoms with Gasteiger partial charge in [0, 0.05) is 5.69 Å². The van der Waals surface area contributed by atoms with E-state index in [-0.39, 0.29) is 17.3 Å². The Balaban J connectivity index is 1.49. The van der Waals surface area contributed by atoms with Crippen molar-refractivity contribution in [3.05, 3.63) is 76.5 Å². The van der Waals surface area contributed by atoms with Crippen LogP contribution < -0.4 is 11.0 Å². The van der Waals surface area contributed by atoms with Gasteiger partial charge in [0.2, 0.25) is 0 Å². The number of aromatic nitrogens is 5. The van der Waals surface area contributed by atoms with Crippen molar-refractivity contribution in [3.8, 4) is 0 Å². The number of anilines is 1. The van der Waals surface area contributed by atoms with Gasteiger partial charge in [-0.2, -0.15) is 0 Å². The van der Waals surface area contributed by atoms with E-state index in [1.54, 1.807) is 29.1 Å². The molecule has 0 spiro atoms. The number of hydrogen-bond acceptors (Lipinski definition) is 4. The van der Waals surface area contributed by atoms with Gasteiger partial charge < -0.3 is 15.3 Å². The molecule has 0 radical (unpaired) electrons. The highest BCUT2D eigenvalue weighted by Gasteiger charge is 2.12. The lowest BCUT2D eigenvalue weighted by atomic mass is 10.2. The van der Waals surface area contributed by atoms with Gasteiger partial charge in [-0.05, 0) is 23.8 Å². The number of aromatic amines is 2. The number of nitrogens with zero attached hydrogens (tertiary/aromatic N) is 3. The van der Waals surface area contributed by atoms with Crippen LogP contribution in [0, 0.1) is 0 Å². The van der Waals surface area contributed by atoms with Crippen LogP contribution in [-0.2, 0) is 6.54 Å². The van der Waals surface area contributed by atoms with E-state index in [0.717, 1.165) is 5.56 Å². The van der Waals surface area contributed by atoms with Gasteiger partial charge in [-0.25, -0.2) is 9.48 Å². The maximum atomic E-state index is 12.3. The van der Waals surface area contributed by atoms with Crippen LogP contribution in [0.2, 0.25) is 0 Å². The normalized spacial score (nSPS) is 10.9. The standard InChI is InChI=1S/C17H14N6O2/c24-16(18-12-6-7-13-14(8-12)20-17(25)19-13)15-10-23(22-21-15)9-11-4-2-1-3-5-11/h1-8,10H,9H2,(H,18,24)(H2,19,20,25). The average molecular weight is 334 g/mol. The number of carbonyl (C=O) groups is 1. The minimum absolute atomic E-state index is 0.221. The Labute approximate surface area is 141 Å². The van der Waals surface area contributed by atoms with E-state index < -0.39 is 0 Å². The highest BCUT2D eigenvalue weighted by Crippen LogP contribution is 2.15. The predicted molar refractivity (Wildman–Crippen MR) is 92.4 cm³/mol. The van der Waals surface area contributed by atoms with Crippen LogP contribution in [0.25, 0.3) is 11.0 Å². The fourth-order valence-electron chi connectivity index (χ4n) is 2.56. The third-order valence-electron chi connectivity index (χ3n) is 3.73. The summed E-state index contributed by atoms with van der Waals surface area (Å²) >= 11 is 0. The molecule has 8 nitrogen and oxygen atoms in total. The Hall–Kier alpha value is -3.68. The van der Waals surface area contributed by atoms with Crippen LogP contribution in [0.1, 0.15) is 16.1 Å². The van der Waals surface area contributed by atoms with Crippen molar-refractivity contribution in [1.82, 2.24) is 25.0 Å². The van der Waals surface area contributed by atoms with Gasteiger partial charge in [0.05, 0.1) is 23.8 Å². The molecule has 0 aliphatic carbocycles. The van der Waals surface area contributed by atoms with Crippen molar-refractivity contribution >= 4 is 22.6 Å². The first-order valence-corrected chi connectivity index (χ1v) is 7.65. The zero-order valence-corrected chi connectivity index (χ0v) is 13.1. The molecule has 0 bridgehead atoms. The molecule has 0 unspecified atom stereocenters. The zero-order valence-electron chi connectivity index (χ0n) is 13.1. The topological polar surface area (TPSA) is 108 Å². The zero-order chi connectivity index (χ0) is 17.2. The average Bonchev–Trinajstić information content (AvgIpc) is 3.21. The molecule has 2 aromatic heterocycles. The van der Waals surface area contributed by atoms with Gasteiger partial charge >= 0.3 is 5.69 Å². The van der Waals surface area contributed by atoms with Gasteiger partial charge in [0.25, 0.3) is 5.91 Å². The van der Waals surface area contributed by atoms with Gasteiger partial charge in [0.15, 0.2) is 5.69 Å². The number of imidazole rings is 1. The lowest BCUT2D eigenvalue weighted by molar-refractivity contribution is 0.102. The minimum atomic E-state index is -0.364. The number of H-pyrrole nitrogens is 2. The van der Waals surface area contributed by atoms with E-state index in [1.165, 1.54) is 0 Å². The van der Waals surface area contributed by atoms with E-state index in [4.69, 9.17) is 0 Å². The van der Waals surface area contributed by atoms with Gasteiger partial charge in [0.1, 0.15) is 0 Å². The quantitative estimate of drug-likeness (QED) is 0.528. The first-order chi connectivity index (χ1) is 12.2. The molecule has 0 saturated heterocycles. The molecule has 0 aliphatic heterocycles. The summed E-state index contributed by atoms with van der Waals surface area (Å²) in [5.74, 6) is -0.364. The predicted octanol–water partition coefficient (Wildman–Crippen LogP) is 1.75. The van der Waals surface area contributed by atoms with Crippen molar-refractivity contribution in [2.45, 2.75) is 6.54 Å². The van der Waals surface area contributed by atoms with Crippen LogP contribution in [0.4, 0.5) is 5.69 Å². The van der Waals surface area contributed by atoms with E-state index in [0.29, 0.717) is 23.3 Å². The Bertz CT molecular complexity index is 1090. The van der Waals surface area contributed by atoms with E-state index in [9.17, 15) is 9.59 Å². The van der Waals surface area contributed by atoms with Crippen LogP contribution in [0.15, 0.2) is 59.5 Å². The third-order valence-corrected chi connectivity index (χ3v) is 3.73. The molecule has 124 valence electrons. The van der Waals surface area contributed by atoms with Crippen molar-refractivity contribution in [2.75, 3.05) is 5.32 Å². The van der Waals surface area contributed by atoms with E-state index in [2.05, 4.69) is 25.6 Å². The summed E-state index contributed by atoms with van der Waals surface area (Å²) in [6.07, 6.45) is 1.60. The summed E-state index contributed by atoms with van der Waals surface area (Å²) < 4.78 is 1.61. The molecular weight excluding hydrogens is 320 g/mol. The molecule has 1 amide bonds. The monoisotopic (exact) mass is 334 g/mol. The Kier molecular flexibility index (Phi) is 3.62. The van der Waals surface area contributed by atoms with Crippen molar-refractivity contribution < 1.29 is 4.79 Å². The van der Waals surface area contributed by atoms with Crippen LogP contribution in [0.5, 0.6) is 0 Å². The third kappa shape index (κ3) is 3.18.